The van der Waals surface area contributed by atoms with Crippen LogP contribution in [0, 0.1) is 13.8 Å². The summed E-state index contributed by atoms with van der Waals surface area (Å²) in [5.74, 6) is 0.913. The number of guanidine groups is 1. The second-order valence-corrected chi connectivity index (χ2v) is 5.99. The minimum atomic E-state index is 0. The van der Waals surface area contributed by atoms with Crippen LogP contribution in [0.25, 0.3) is 0 Å². The Morgan fingerprint density at radius 3 is 2.55 bits per heavy atom. The number of rotatable bonds is 6. The molecule has 0 aliphatic rings. The molecular weight excluding hydrogens is 383 g/mol. The molecule has 20 heavy (non-hydrogen) atoms. The Kier molecular flexibility index (Phi) is 10.2. The van der Waals surface area contributed by atoms with Crippen molar-refractivity contribution in [1.29, 1.82) is 0 Å². The van der Waals surface area contributed by atoms with Gasteiger partial charge < -0.3 is 10.6 Å². The van der Waals surface area contributed by atoms with E-state index in [9.17, 15) is 0 Å². The normalized spacial score (nSPS) is 12.8. The van der Waals surface area contributed by atoms with E-state index in [0.717, 1.165) is 42.6 Å². The molecule has 116 valence electrons. The molecule has 0 aliphatic heterocycles. The Hall–Kier alpha value is -0.370. The summed E-state index contributed by atoms with van der Waals surface area (Å²) in [4.78, 5) is 10.4. The molecule has 1 atom stereocenters. The van der Waals surface area contributed by atoms with Gasteiger partial charge in [0, 0.05) is 30.4 Å². The summed E-state index contributed by atoms with van der Waals surface area (Å²) < 4.78 is 0. The number of aryl methyl sites for hydroxylation is 2. The van der Waals surface area contributed by atoms with Crippen LogP contribution in [0.4, 0.5) is 0 Å². The molecule has 2 N–H and O–H groups in total. The van der Waals surface area contributed by atoms with E-state index in [-0.39, 0.29) is 24.0 Å². The minimum Gasteiger partial charge on any atom is -0.357 e. The Balaban J connectivity index is 0.00000361. The summed E-state index contributed by atoms with van der Waals surface area (Å²) in [6.07, 6.45) is 2.06. The van der Waals surface area contributed by atoms with Crippen LogP contribution in [0.2, 0.25) is 0 Å². The highest BCUT2D eigenvalue weighted by atomic mass is 127. The maximum atomic E-state index is 4.62. The summed E-state index contributed by atoms with van der Waals surface area (Å²) in [7, 11) is 0. The molecule has 0 saturated heterocycles. The molecule has 0 aromatic carbocycles. The third kappa shape index (κ3) is 6.88. The topological polar surface area (TPSA) is 49.3 Å². The molecule has 0 aliphatic carbocycles. The van der Waals surface area contributed by atoms with Crippen LogP contribution in [0.5, 0.6) is 0 Å². The summed E-state index contributed by atoms with van der Waals surface area (Å²) in [5, 5.41) is 7.82. The van der Waals surface area contributed by atoms with Gasteiger partial charge in [0.15, 0.2) is 5.96 Å². The summed E-state index contributed by atoms with van der Waals surface area (Å²) in [6, 6.07) is 0.449. The molecular formula is C14H27IN4S. The van der Waals surface area contributed by atoms with Crippen molar-refractivity contribution < 1.29 is 0 Å². The van der Waals surface area contributed by atoms with Gasteiger partial charge in [-0.2, -0.15) is 0 Å². The predicted octanol–water partition coefficient (Wildman–Crippen LogP) is 3.27. The first-order valence-electron chi connectivity index (χ1n) is 7.04. The van der Waals surface area contributed by atoms with Crippen molar-refractivity contribution >= 4 is 41.3 Å². The Morgan fingerprint density at radius 1 is 1.35 bits per heavy atom. The molecule has 0 bridgehead atoms. The van der Waals surface area contributed by atoms with Crippen molar-refractivity contribution in [3.05, 3.63) is 15.6 Å². The van der Waals surface area contributed by atoms with Gasteiger partial charge in [0.25, 0.3) is 0 Å². The zero-order valence-electron chi connectivity index (χ0n) is 13.1. The van der Waals surface area contributed by atoms with Crippen LogP contribution in [-0.4, -0.2) is 30.1 Å². The van der Waals surface area contributed by atoms with E-state index >= 15 is 0 Å². The number of hydrogen-bond acceptors (Lipinski definition) is 3. The quantitative estimate of drug-likeness (QED) is 0.430. The highest BCUT2D eigenvalue weighted by Gasteiger charge is 2.05. The zero-order valence-corrected chi connectivity index (χ0v) is 16.3. The number of aromatic nitrogens is 1. The van der Waals surface area contributed by atoms with Gasteiger partial charge in [-0.05, 0) is 34.1 Å². The molecule has 0 radical (unpaired) electrons. The van der Waals surface area contributed by atoms with Gasteiger partial charge in [-0.3, -0.25) is 4.99 Å². The summed E-state index contributed by atoms with van der Waals surface area (Å²) in [5.41, 5.74) is 1.15. The monoisotopic (exact) mass is 410 g/mol. The van der Waals surface area contributed by atoms with Crippen LogP contribution in [0.3, 0.4) is 0 Å². The molecule has 0 saturated carbocycles. The van der Waals surface area contributed by atoms with Crippen molar-refractivity contribution in [2.45, 2.75) is 53.5 Å². The standard InChI is InChI=1S/C14H26N4S.HI/c1-6-10(3)17-14(15-7-2)16-9-8-13-11(4)18-12(5)19-13;/h10H,6-9H2,1-5H3,(H2,15,16,17);1H. The minimum absolute atomic E-state index is 0. The maximum absolute atomic E-state index is 4.62. The second-order valence-electron chi connectivity index (χ2n) is 4.71. The lowest BCUT2D eigenvalue weighted by atomic mass is 10.3. The van der Waals surface area contributed by atoms with Gasteiger partial charge in [-0.15, -0.1) is 35.3 Å². The molecule has 0 amide bonds. The van der Waals surface area contributed by atoms with Crippen LogP contribution in [-0.2, 0) is 6.42 Å². The Labute approximate surface area is 143 Å². The molecule has 0 spiro atoms. The summed E-state index contributed by atoms with van der Waals surface area (Å²) in [6.45, 7) is 12.2. The highest BCUT2D eigenvalue weighted by molar-refractivity contribution is 14.0. The van der Waals surface area contributed by atoms with E-state index < -0.39 is 0 Å². The summed E-state index contributed by atoms with van der Waals surface area (Å²) >= 11 is 1.78. The van der Waals surface area contributed by atoms with Crippen molar-refractivity contribution in [2.75, 3.05) is 13.1 Å². The number of nitrogens with zero attached hydrogens (tertiary/aromatic N) is 2. The fraction of sp³-hybridized carbons (Fsp3) is 0.714. The van der Waals surface area contributed by atoms with Gasteiger partial charge in [-0.25, -0.2) is 4.98 Å². The number of hydrogen-bond donors (Lipinski definition) is 2. The van der Waals surface area contributed by atoms with E-state index in [4.69, 9.17) is 0 Å². The lowest BCUT2D eigenvalue weighted by molar-refractivity contribution is 0.624. The van der Waals surface area contributed by atoms with Gasteiger partial charge in [-0.1, -0.05) is 6.92 Å². The molecule has 6 heteroatoms. The molecule has 1 unspecified atom stereocenters. The van der Waals surface area contributed by atoms with E-state index in [2.05, 4.69) is 55.2 Å². The smallest absolute Gasteiger partial charge is 0.191 e. The number of halogens is 1. The van der Waals surface area contributed by atoms with E-state index in [1.165, 1.54) is 4.88 Å². The third-order valence-electron chi connectivity index (χ3n) is 2.95. The van der Waals surface area contributed by atoms with Crippen molar-refractivity contribution in [1.82, 2.24) is 15.6 Å². The average molecular weight is 410 g/mol. The zero-order chi connectivity index (χ0) is 14.3. The molecule has 1 heterocycles. The van der Waals surface area contributed by atoms with Gasteiger partial charge in [0.05, 0.1) is 10.7 Å². The van der Waals surface area contributed by atoms with Crippen LogP contribution in [0.15, 0.2) is 4.99 Å². The SMILES string of the molecule is CCNC(=NCCc1sc(C)nc1C)NC(C)CC.I. The Bertz CT molecular complexity index is 417. The lowest BCUT2D eigenvalue weighted by Gasteiger charge is -2.16. The van der Waals surface area contributed by atoms with E-state index in [1.54, 1.807) is 11.3 Å². The van der Waals surface area contributed by atoms with Crippen LogP contribution in [0.1, 0.15) is 42.8 Å². The first kappa shape index (κ1) is 19.6. The van der Waals surface area contributed by atoms with Gasteiger partial charge in [0.2, 0.25) is 0 Å². The average Bonchev–Trinajstić information content (AvgIpc) is 2.68. The maximum Gasteiger partial charge on any atom is 0.191 e. The fourth-order valence-corrected chi connectivity index (χ4v) is 2.66. The van der Waals surface area contributed by atoms with Crippen molar-refractivity contribution in [2.24, 2.45) is 4.99 Å². The van der Waals surface area contributed by atoms with Crippen molar-refractivity contribution in [3.63, 3.8) is 0 Å². The second kappa shape index (κ2) is 10.4. The van der Waals surface area contributed by atoms with Crippen LogP contribution >= 0.6 is 35.3 Å². The van der Waals surface area contributed by atoms with Gasteiger partial charge in [0.1, 0.15) is 0 Å². The number of aliphatic imine (C=N–C) groups is 1. The third-order valence-corrected chi connectivity index (χ3v) is 4.08. The largest absolute Gasteiger partial charge is 0.357 e. The lowest BCUT2D eigenvalue weighted by Crippen LogP contribution is -2.42. The molecule has 0 fully saturated rings. The first-order valence-corrected chi connectivity index (χ1v) is 7.86. The van der Waals surface area contributed by atoms with E-state index in [0.29, 0.717) is 6.04 Å². The molecule has 1 aromatic heterocycles. The first-order chi connectivity index (χ1) is 9.06. The van der Waals surface area contributed by atoms with Gasteiger partial charge >= 0.3 is 0 Å². The molecule has 4 nitrogen and oxygen atoms in total. The number of nitrogens with one attached hydrogen (secondary N) is 2. The highest BCUT2D eigenvalue weighted by Crippen LogP contribution is 2.17. The fourth-order valence-electron chi connectivity index (χ4n) is 1.73. The van der Waals surface area contributed by atoms with Crippen LogP contribution < -0.4 is 10.6 Å². The Morgan fingerprint density at radius 2 is 2.05 bits per heavy atom. The molecule has 1 rings (SSSR count). The van der Waals surface area contributed by atoms with Crippen molar-refractivity contribution in [3.8, 4) is 0 Å². The number of thiazole rings is 1. The van der Waals surface area contributed by atoms with E-state index in [1.807, 2.05) is 0 Å². The molecule has 1 aromatic rings. The predicted molar refractivity (Wildman–Crippen MR) is 99.6 cm³/mol.